The van der Waals surface area contributed by atoms with Crippen molar-refractivity contribution < 1.29 is 18.0 Å². The maximum atomic E-state index is 13.0. The van der Waals surface area contributed by atoms with Crippen molar-refractivity contribution >= 4 is 16.9 Å². The van der Waals surface area contributed by atoms with Crippen LogP contribution in [0.5, 0.6) is 0 Å². The minimum atomic E-state index is -3.12. The number of carbonyl (C=O) groups excluding carboxylic acids is 1. The molecule has 1 aromatic heterocycles. The van der Waals surface area contributed by atoms with Gasteiger partial charge in [0, 0.05) is 5.39 Å². The van der Waals surface area contributed by atoms with Gasteiger partial charge in [0.2, 0.25) is 0 Å². The van der Waals surface area contributed by atoms with Crippen LogP contribution in [0, 0.1) is 13.8 Å². The van der Waals surface area contributed by atoms with E-state index in [0.717, 1.165) is 16.5 Å². The van der Waals surface area contributed by atoms with Crippen LogP contribution < -0.4 is 11.1 Å². The predicted molar refractivity (Wildman–Crippen MR) is 72.0 cm³/mol. The Morgan fingerprint density at radius 3 is 2.60 bits per heavy atom. The molecule has 0 aliphatic carbocycles. The zero-order chi connectivity index (χ0) is 14.9. The average Bonchev–Trinajstić information content (AvgIpc) is 2.79. The monoisotopic (exact) mass is 282 g/mol. The molecule has 20 heavy (non-hydrogen) atoms. The Hall–Kier alpha value is -1.95. The molecule has 0 atom stereocenters. The number of rotatable bonds is 4. The van der Waals surface area contributed by atoms with Crippen molar-refractivity contribution in [2.45, 2.75) is 19.8 Å². The lowest BCUT2D eigenvalue weighted by Crippen LogP contribution is -2.41. The molecule has 0 bridgehead atoms. The molecule has 1 amide bonds. The van der Waals surface area contributed by atoms with Gasteiger partial charge in [-0.1, -0.05) is 0 Å². The average molecular weight is 282 g/mol. The van der Waals surface area contributed by atoms with E-state index < -0.39 is 24.9 Å². The molecule has 0 radical (unpaired) electrons. The van der Waals surface area contributed by atoms with E-state index in [4.69, 9.17) is 10.2 Å². The summed E-state index contributed by atoms with van der Waals surface area (Å²) in [4.78, 5) is 11.8. The van der Waals surface area contributed by atoms with Crippen molar-refractivity contribution in [3.63, 3.8) is 0 Å². The van der Waals surface area contributed by atoms with Crippen LogP contribution >= 0.6 is 0 Å². The van der Waals surface area contributed by atoms with Gasteiger partial charge in [0.25, 0.3) is 11.8 Å². The van der Waals surface area contributed by atoms with E-state index in [1.165, 1.54) is 6.07 Å². The van der Waals surface area contributed by atoms with Gasteiger partial charge in [0.1, 0.15) is 5.58 Å². The quantitative estimate of drug-likeness (QED) is 0.904. The number of carbonyl (C=O) groups is 1. The van der Waals surface area contributed by atoms with Gasteiger partial charge in [-0.2, -0.15) is 0 Å². The Bertz CT molecular complexity index is 611. The molecule has 1 heterocycles. The molecule has 3 N–H and O–H groups in total. The largest absolute Gasteiger partial charge is 0.451 e. The van der Waals surface area contributed by atoms with Crippen molar-refractivity contribution in [1.29, 1.82) is 0 Å². The van der Waals surface area contributed by atoms with Gasteiger partial charge >= 0.3 is 0 Å². The molecule has 2 rings (SSSR count). The van der Waals surface area contributed by atoms with Gasteiger partial charge in [-0.3, -0.25) is 4.79 Å². The predicted octanol–water partition coefficient (Wildman–Crippen LogP) is 2.37. The molecular weight excluding hydrogens is 266 g/mol. The van der Waals surface area contributed by atoms with Crippen molar-refractivity contribution in [3.05, 3.63) is 35.1 Å². The Morgan fingerprint density at radius 2 is 1.95 bits per heavy atom. The molecule has 0 spiro atoms. The molecule has 2 aromatic rings. The molecule has 0 unspecified atom stereocenters. The van der Waals surface area contributed by atoms with Gasteiger partial charge in [-0.05, 0) is 43.2 Å². The second-order valence-corrected chi connectivity index (χ2v) is 4.83. The lowest BCUT2D eigenvalue weighted by Gasteiger charge is -2.13. The fourth-order valence-corrected chi connectivity index (χ4v) is 1.78. The van der Waals surface area contributed by atoms with E-state index in [1.54, 1.807) is 0 Å². The van der Waals surface area contributed by atoms with Crippen LogP contribution in [0.4, 0.5) is 8.78 Å². The second-order valence-electron chi connectivity index (χ2n) is 4.83. The van der Waals surface area contributed by atoms with E-state index in [2.05, 4.69) is 5.32 Å². The van der Waals surface area contributed by atoms with Crippen molar-refractivity contribution in [2.75, 3.05) is 13.1 Å². The first kappa shape index (κ1) is 14.5. The highest BCUT2D eigenvalue weighted by Gasteiger charge is 2.28. The molecule has 1 aromatic carbocycles. The molecule has 0 aliphatic heterocycles. The zero-order valence-corrected chi connectivity index (χ0v) is 11.3. The van der Waals surface area contributed by atoms with Crippen LogP contribution in [0.2, 0.25) is 0 Å². The molecule has 0 saturated heterocycles. The van der Waals surface area contributed by atoms with Crippen LogP contribution in [0.25, 0.3) is 11.0 Å². The Balaban J connectivity index is 2.19. The number of aryl methyl sites for hydroxylation is 2. The number of furan rings is 1. The standard InChI is InChI=1S/C14H16F2N2O2/c1-8-3-10-5-12(20-11(10)4-9(8)2)13(19)18-7-14(15,16)6-17/h3-5H,6-7,17H2,1-2H3,(H,18,19). The van der Waals surface area contributed by atoms with Gasteiger partial charge in [-0.15, -0.1) is 0 Å². The number of alkyl halides is 2. The van der Waals surface area contributed by atoms with Crippen LogP contribution in [0.1, 0.15) is 21.7 Å². The number of nitrogens with one attached hydrogen (secondary N) is 1. The van der Waals surface area contributed by atoms with Gasteiger partial charge < -0.3 is 15.5 Å². The third kappa shape index (κ3) is 2.96. The molecule has 6 heteroatoms. The summed E-state index contributed by atoms with van der Waals surface area (Å²) in [5, 5.41) is 2.89. The Morgan fingerprint density at radius 1 is 1.30 bits per heavy atom. The van der Waals surface area contributed by atoms with Crippen molar-refractivity contribution in [1.82, 2.24) is 5.32 Å². The Labute approximate surface area is 114 Å². The molecule has 108 valence electrons. The summed E-state index contributed by atoms with van der Waals surface area (Å²) >= 11 is 0. The molecular formula is C14H16F2N2O2. The fourth-order valence-electron chi connectivity index (χ4n) is 1.78. The normalized spacial score (nSPS) is 11.8. The number of amides is 1. The van der Waals surface area contributed by atoms with E-state index in [9.17, 15) is 13.6 Å². The van der Waals surface area contributed by atoms with Crippen LogP contribution in [-0.4, -0.2) is 24.9 Å². The number of hydrogen-bond acceptors (Lipinski definition) is 3. The Kier molecular flexibility index (Phi) is 3.76. The highest BCUT2D eigenvalue weighted by Crippen LogP contribution is 2.23. The summed E-state index contributed by atoms with van der Waals surface area (Å²) < 4.78 is 31.3. The number of nitrogens with two attached hydrogens (primary N) is 1. The number of halogens is 2. The molecule has 4 nitrogen and oxygen atoms in total. The first-order valence-electron chi connectivity index (χ1n) is 6.19. The first-order chi connectivity index (χ1) is 9.32. The smallest absolute Gasteiger partial charge is 0.287 e. The topological polar surface area (TPSA) is 68.3 Å². The molecule has 0 saturated carbocycles. The van der Waals surface area contributed by atoms with E-state index >= 15 is 0 Å². The highest BCUT2D eigenvalue weighted by atomic mass is 19.3. The maximum Gasteiger partial charge on any atom is 0.287 e. The van der Waals surface area contributed by atoms with Crippen molar-refractivity contribution in [3.8, 4) is 0 Å². The van der Waals surface area contributed by atoms with E-state index in [-0.39, 0.29) is 5.76 Å². The summed E-state index contributed by atoms with van der Waals surface area (Å²) in [6, 6.07) is 5.24. The minimum absolute atomic E-state index is 0.0119. The summed E-state index contributed by atoms with van der Waals surface area (Å²) in [7, 11) is 0. The SMILES string of the molecule is Cc1cc2cc(C(=O)NCC(F)(F)CN)oc2cc1C. The lowest BCUT2D eigenvalue weighted by molar-refractivity contribution is 0.0116. The van der Waals surface area contributed by atoms with E-state index in [0.29, 0.717) is 5.58 Å². The number of hydrogen-bond donors (Lipinski definition) is 2. The fraction of sp³-hybridized carbons (Fsp3) is 0.357. The van der Waals surface area contributed by atoms with Crippen molar-refractivity contribution in [2.24, 2.45) is 5.73 Å². The van der Waals surface area contributed by atoms with E-state index in [1.807, 2.05) is 26.0 Å². The summed E-state index contributed by atoms with van der Waals surface area (Å²) in [5.41, 5.74) is 7.57. The van der Waals surface area contributed by atoms with Gasteiger partial charge in [0.05, 0.1) is 13.1 Å². The molecule has 0 aliphatic rings. The van der Waals surface area contributed by atoms with Crippen LogP contribution in [0.15, 0.2) is 22.6 Å². The van der Waals surface area contributed by atoms with Crippen LogP contribution in [0.3, 0.4) is 0 Å². The second kappa shape index (κ2) is 5.20. The highest BCUT2D eigenvalue weighted by molar-refractivity contribution is 5.96. The third-order valence-corrected chi connectivity index (χ3v) is 3.16. The summed E-state index contributed by atoms with van der Waals surface area (Å²) in [6.07, 6.45) is 0. The number of fused-ring (bicyclic) bond motifs is 1. The van der Waals surface area contributed by atoms with Gasteiger partial charge in [-0.25, -0.2) is 8.78 Å². The third-order valence-electron chi connectivity index (χ3n) is 3.16. The van der Waals surface area contributed by atoms with Gasteiger partial charge in [0.15, 0.2) is 5.76 Å². The minimum Gasteiger partial charge on any atom is -0.451 e. The molecule has 0 fully saturated rings. The number of benzene rings is 1. The van der Waals surface area contributed by atoms with Crippen LogP contribution in [-0.2, 0) is 0 Å². The summed E-state index contributed by atoms with van der Waals surface area (Å²) in [6.45, 7) is 2.26. The first-order valence-corrected chi connectivity index (χ1v) is 6.19. The zero-order valence-electron chi connectivity index (χ0n) is 11.3. The summed E-state index contributed by atoms with van der Waals surface area (Å²) in [5.74, 6) is -3.78. The maximum absolute atomic E-state index is 13.0. The lowest BCUT2D eigenvalue weighted by atomic mass is 10.1.